The first kappa shape index (κ1) is 12.7. The molecule has 0 radical (unpaired) electrons. The molecule has 3 N–H and O–H groups in total. The molecule has 0 spiro atoms. The number of aryl methyl sites for hydroxylation is 1. The fraction of sp³-hybridized carbons (Fsp3) is 0.500. The van der Waals surface area contributed by atoms with E-state index in [2.05, 4.69) is 48.0 Å². The largest absolute Gasteiger partial charge is 0.358 e. The van der Waals surface area contributed by atoms with Gasteiger partial charge in [0.2, 0.25) is 0 Å². The van der Waals surface area contributed by atoms with Crippen molar-refractivity contribution >= 4 is 10.9 Å². The fourth-order valence-electron chi connectivity index (χ4n) is 3.08. The van der Waals surface area contributed by atoms with Gasteiger partial charge in [0.1, 0.15) is 0 Å². The molecule has 1 aromatic heterocycles. The number of nitrogens with one attached hydrogen (secondary N) is 1. The van der Waals surface area contributed by atoms with Gasteiger partial charge >= 0.3 is 0 Å². The van der Waals surface area contributed by atoms with E-state index < -0.39 is 0 Å². The number of aromatic amines is 1. The summed E-state index contributed by atoms with van der Waals surface area (Å²) in [6.45, 7) is 7.62. The summed E-state index contributed by atoms with van der Waals surface area (Å²) in [7, 11) is 0. The average molecular weight is 257 g/mol. The summed E-state index contributed by atoms with van der Waals surface area (Å²) in [5, 5.41) is 1.35. The minimum atomic E-state index is 0.319. The van der Waals surface area contributed by atoms with Crippen LogP contribution >= 0.6 is 0 Å². The van der Waals surface area contributed by atoms with Crippen molar-refractivity contribution in [3.8, 4) is 0 Å². The predicted octanol–water partition coefficient (Wildman–Crippen LogP) is 2.65. The van der Waals surface area contributed by atoms with Gasteiger partial charge in [0.25, 0.3) is 0 Å². The van der Waals surface area contributed by atoms with E-state index in [0.717, 1.165) is 19.6 Å². The Balaban J connectivity index is 1.83. The van der Waals surface area contributed by atoms with E-state index in [4.69, 9.17) is 5.73 Å². The average Bonchev–Trinajstić information content (AvgIpc) is 2.71. The maximum absolute atomic E-state index is 6.20. The zero-order valence-corrected chi connectivity index (χ0v) is 11.8. The van der Waals surface area contributed by atoms with Crippen molar-refractivity contribution in [2.24, 2.45) is 11.7 Å². The molecule has 3 heteroatoms. The number of aromatic nitrogens is 1. The Labute approximate surface area is 114 Å². The summed E-state index contributed by atoms with van der Waals surface area (Å²) in [4.78, 5) is 5.97. The van der Waals surface area contributed by atoms with Crippen LogP contribution in [0.4, 0.5) is 0 Å². The number of H-pyrrole nitrogens is 1. The number of piperidine rings is 1. The SMILES string of the molecule is Cc1[nH]c2ccccc2c1CN1CCC(C)C(N)C1. The first-order chi connectivity index (χ1) is 9.15. The number of hydrogen-bond acceptors (Lipinski definition) is 2. The molecule has 0 saturated carbocycles. The second-order valence-corrected chi connectivity index (χ2v) is 5.94. The predicted molar refractivity (Wildman–Crippen MR) is 80.1 cm³/mol. The van der Waals surface area contributed by atoms with E-state index in [1.54, 1.807) is 0 Å². The minimum absolute atomic E-state index is 0.319. The van der Waals surface area contributed by atoms with Crippen molar-refractivity contribution < 1.29 is 0 Å². The highest BCUT2D eigenvalue weighted by Gasteiger charge is 2.24. The van der Waals surface area contributed by atoms with Crippen LogP contribution in [0.5, 0.6) is 0 Å². The third-order valence-electron chi connectivity index (χ3n) is 4.51. The minimum Gasteiger partial charge on any atom is -0.358 e. The summed E-state index contributed by atoms with van der Waals surface area (Å²) in [5.74, 6) is 0.653. The smallest absolute Gasteiger partial charge is 0.0459 e. The molecule has 19 heavy (non-hydrogen) atoms. The molecule has 1 fully saturated rings. The zero-order chi connectivity index (χ0) is 13.4. The normalized spacial score (nSPS) is 25.0. The molecule has 2 unspecified atom stereocenters. The van der Waals surface area contributed by atoms with Crippen molar-refractivity contribution in [2.75, 3.05) is 13.1 Å². The summed E-state index contributed by atoms with van der Waals surface area (Å²) < 4.78 is 0. The first-order valence-corrected chi connectivity index (χ1v) is 7.19. The summed E-state index contributed by atoms with van der Waals surface area (Å²) >= 11 is 0. The maximum Gasteiger partial charge on any atom is 0.0459 e. The van der Waals surface area contributed by atoms with Gasteiger partial charge in [0.05, 0.1) is 0 Å². The standard InChI is InChI=1S/C16H23N3/c1-11-7-8-19(10-15(11)17)9-14-12(2)18-16-6-4-3-5-13(14)16/h3-6,11,15,18H,7-10,17H2,1-2H3. The van der Waals surface area contributed by atoms with Crippen LogP contribution in [0.3, 0.4) is 0 Å². The van der Waals surface area contributed by atoms with Gasteiger partial charge in [-0.25, -0.2) is 0 Å². The molecule has 0 aliphatic carbocycles. The van der Waals surface area contributed by atoms with Crippen LogP contribution in [-0.4, -0.2) is 29.0 Å². The van der Waals surface area contributed by atoms with Crippen LogP contribution in [0.2, 0.25) is 0 Å². The zero-order valence-electron chi connectivity index (χ0n) is 11.8. The van der Waals surface area contributed by atoms with Gasteiger partial charge in [-0.05, 0) is 37.4 Å². The topological polar surface area (TPSA) is 45.0 Å². The number of nitrogens with two attached hydrogens (primary N) is 1. The number of likely N-dealkylation sites (tertiary alicyclic amines) is 1. The van der Waals surface area contributed by atoms with Crippen LogP contribution in [0.25, 0.3) is 10.9 Å². The lowest BCUT2D eigenvalue weighted by molar-refractivity contribution is 0.162. The van der Waals surface area contributed by atoms with Crippen LogP contribution in [0.1, 0.15) is 24.6 Å². The number of rotatable bonds is 2. The number of benzene rings is 1. The molecule has 1 saturated heterocycles. The lowest BCUT2D eigenvalue weighted by atomic mass is 9.94. The molecular weight excluding hydrogens is 234 g/mol. The molecule has 2 heterocycles. The van der Waals surface area contributed by atoms with Gasteiger partial charge < -0.3 is 10.7 Å². The Morgan fingerprint density at radius 2 is 2.16 bits per heavy atom. The van der Waals surface area contributed by atoms with E-state index in [1.165, 1.54) is 28.6 Å². The number of para-hydroxylation sites is 1. The van der Waals surface area contributed by atoms with Gasteiger partial charge in [0, 0.05) is 35.7 Å². The fourth-order valence-corrected chi connectivity index (χ4v) is 3.08. The van der Waals surface area contributed by atoms with Gasteiger partial charge in [-0.1, -0.05) is 25.1 Å². The second kappa shape index (κ2) is 4.99. The molecule has 0 amide bonds. The monoisotopic (exact) mass is 257 g/mol. The van der Waals surface area contributed by atoms with Crippen molar-refractivity contribution in [2.45, 2.75) is 32.9 Å². The molecule has 2 aromatic rings. The molecule has 102 valence electrons. The first-order valence-electron chi connectivity index (χ1n) is 7.19. The third kappa shape index (κ3) is 2.40. The van der Waals surface area contributed by atoms with Gasteiger partial charge in [-0.2, -0.15) is 0 Å². The van der Waals surface area contributed by atoms with Gasteiger partial charge in [-0.3, -0.25) is 4.90 Å². The molecule has 1 aliphatic heterocycles. The van der Waals surface area contributed by atoms with Crippen molar-refractivity contribution in [3.63, 3.8) is 0 Å². The molecule has 3 nitrogen and oxygen atoms in total. The van der Waals surface area contributed by atoms with E-state index in [-0.39, 0.29) is 0 Å². The van der Waals surface area contributed by atoms with Crippen LogP contribution < -0.4 is 5.73 Å². The molecule has 3 rings (SSSR count). The molecule has 1 aliphatic rings. The summed E-state index contributed by atoms with van der Waals surface area (Å²) in [5.41, 5.74) is 10.2. The summed E-state index contributed by atoms with van der Waals surface area (Å²) in [6.07, 6.45) is 1.21. The maximum atomic E-state index is 6.20. The van der Waals surface area contributed by atoms with Crippen LogP contribution in [0.15, 0.2) is 24.3 Å². The number of hydrogen-bond donors (Lipinski definition) is 2. The van der Waals surface area contributed by atoms with E-state index >= 15 is 0 Å². The van der Waals surface area contributed by atoms with E-state index in [1.807, 2.05) is 0 Å². The highest BCUT2D eigenvalue weighted by atomic mass is 15.1. The second-order valence-electron chi connectivity index (χ2n) is 5.94. The number of fused-ring (bicyclic) bond motifs is 1. The number of nitrogens with zero attached hydrogens (tertiary/aromatic N) is 1. The highest BCUT2D eigenvalue weighted by molar-refractivity contribution is 5.84. The Bertz CT molecular complexity index is 572. The van der Waals surface area contributed by atoms with Crippen molar-refractivity contribution in [3.05, 3.63) is 35.5 Å². The third-order valence-corrected chi connectivity index (χ3v) is 4.51. The summed E-state index contributed by atoms with van der Waals surface area (Å²) in [6, 6.07) is 8.87. The lowest BCUT2D eigenvalue weighted by Crippen LogP contribution is -2.47. The van der Waals surface area contributed by atoms with Gasteiger partial charge in [0.15, 0.2) is 0 Å². The molecule has 0 bridgehead atoms. The molecule has 1 aromatic carbocycles. The van der Waals surface area contributed by atoms with Crippen LogP contribution in [0, 0.1) is 12.8 Å². The molecule has 2 atom stereocenters. The Kier molecular flexibility index (Phi) is 3.33. The van der Waals surface area contributed by atoms with Gasteiger partial charge in [-0.15, -0.1) is 0 Å². The Morgan fingerprint density at radius 3 is 2.95 bits per heavy atom. The van der Waals surface area contributed by atoms with E-state index in [0.29, 0.717) is 12.0 Å². The van der Waals surface area contributed by atoms with Crippen molar-refractivity contribution in [1.82, 2.24) is 9.88 Å². The lowest BCUT2D eigenvalue weighted by Gasteiger charge is -2.35. The van der Waals surface area contributed by atoms with E-state index in [9.17, 15) is 0 Å². The van der Waals surface area contributed by atoms with Crippen molar-refractivity contribution in [1.29, 1.82) is 0 Å². The Hall–Kier alpha value is -1.32. The highest BCUT2D eigenvalue weighted by Crippen LogP contribution is 2.25. The quantitative estimate of drug-likeness (QED) is 0.868. The van der Waals surface area contributed by atoms with Crippen LogP contribution in [-0.2, 0) is 6.54 Å². The Morgan fingerprint density at radius 1 is 1.37 bits per heavy atom. The molecular formula is C16H23N3.